The van der Waals surface area contributed by atoms with Crippen molar-refractivity contribution in [2.24, 2.45) is 0 Å². The molecule has 0 radical (unpaired) electrons. The zero-order valence-corrected chi connectivity index (χ0v) is 20.4. The summed E-state index contributed by atoms with van der Waals surface area (Å²) in [5.41, 5.74) is 1.60. The van der Waals surface area contributed by atoms with Gasteiger partial charge in [0.1, 0.15) is 5.00 Å². The number of thiophene rings is 1. The van der Waals surface area contributed by atoms with Gasteiger partial charge in [0.15, 0.2) is 11.5 Å². The number of hydrogen-bond donors (Lipinski definition) is 2. The Hall–Kier alpha value is -2.84. The molecule has 0 saturated carbocycles. The zero-order valence-electron chi connectivity index (χ0n) is 19.5. The van der Waals surface area contributed by atoms with Gasteiger partial charge in [0, 0.05) is 22.0 Å². The summed E-state index contributed by atoms with van der Waals surface area (Å²) < 4.78 is 15.6. The second kappa shape index (κ2) is 8.96. The third-order valence-electron chi connectivity index (χ3n) is 5.31. The molecule has 1 aliphatic heterocycles. The molecule has 0 saturated heterocycles. The van der Waals surface area contributed by atoms with Crippen molar-refractivity contribution in [2.45, 2.75) is 45.2 Å². The summed E-state index contributed by atoms with van der Waals surface area (Å²) in [4.78, 5) is 26.4. The molecule has 2 N–H and O–H groups in total. The van der Waals surface area contributed by atoms with Gasteiger partial charge >= 0.3 is 5.97 Å². The van der Waals surface area contributed by atoms with Gasteiger partial charge in [-0.3, -0.25) is 4.79 Å². The molecule has 3 rings (SSSR count). The third-order valence-corrected chi connectivity index (χ3v) is 6.78. The number of hydrogen-bond acceptors (Lipinski definition) is 7. The average molecular weight is 459 g/mol. The minimum absolute atomic E-state index is 0.199. The predicted octanol–water partition coefficient (Wildman–Crippen LogP) is 4.36. The Kier molecular flexibility index (Phi) is 6.67. The number of amides is 1. The Labute approximate surface area is 192 Å². The molecule has 1 aromatic heterocycles. The summed E-state index contributed by atoms with van der Waals surface area (Å²) >= 11 is 1.41. The molecule has 0 aliphatic carbocycles. The van der Waals surface area contributed by atoms with Crippen LogP contribution in [0.15, 0.2) is 24.3 Å². The molecular formula is C24H30N2O5S. The molecule has 1 aliphatic rings. The van der Waals surface area contributed by atoms with Crippen LogP contribution in [0, 0.1) is 0 Å². The normalized spacial score (nSPS) is 16.3. The number of fused-ring (bicyclic) bond motifs is 1. The van der Waals surface area contributed by atoms with Crippen molar-refractivity contribution in [1.29, 1.82) is 0 Å². The number of nitrogens with one attached hydrogen (secondary N) is 2. The van der Waals surface area contributed by atoms with E-state index < -0.39 is 5.97 Å². The fraction of sp³-hybridized carbons (Fsp3) is 0.417. The van der Waals surface area contributed by atoms with Gasteiger partial charge in [-0.1, -0.05) is 6.07 Å². The largest absolute Gasteiger partial charge is 0.493 e. The van der Waals surface area contributed by atoms with Crippen molar-refractivity contribution >= 4 is 34.3 Å². The van der Waals surface area contributed by atoms with Crippen molar-refractivity contribution in [3.8, 4) is 11.5 Å². The highest BCUT2D eigenvalue weighted by molar-refractivity contribution is 7.17. The lowest BCUT2D eigenvalue weighted by molar-refractivity contribution is -0.111. The molecular weight excluding hydrogens is 428 g/mol. The van der Waals surface area contributed by atoms with Gasteiger partial charge in [-0.05, 0) is 63.5 Å². The molecule has 7 nitrogen and oxygen atoms in total. The van der Waals surface area contributed by atoms with Gasteiger partial charge in [-0.15, -0.1) is 11.3 Å². The first-order valence-electron chi connectivity index (χ1n) is 10.3. The monoisotopic (exact) mass is 458 g/mol. The second-order valence-corrected chi connectivity index (χ2v) is 9.87. The third kappa shape index (κ3) is 4.81. The van der Waals surface area contributed by atoms with Crippen LogP contribution in [0.4, 0.5) is 5.00 Å². The quantitative estimate of drug-likeness (QED) is 0.494. The molecule has 8 heteroatoms. The van der Waals surface area contributed by atoms with E-state index in [1.165, 1.54) is 24.5 Å². The Morgan fingerprint density at radius 2 is 1.78 bits per heavy atom. The number of esters is 1. The number of methoxy groups -OCH3 is 3. The smallest absolute Gasteiger partial charge is 0.341 e. The lowest BCUT2D eigenvalue weighted by Gasteiger charge is -2.42. The van der Waals surface area contributed by atoms with Crippen molar-refractivity contribution < 1.29 is 23.8 Å². The average Bonchev–Trinajstić information content (AvgIpc) is 3.08. The molecule has 0 atom stereocenters. The first-order valence-corrected chi connectivity index (χ1v) is 11.1. The SMILES string of the molecule is COC(=O)c1c(NC(=O)/C=C/c2ccc(OC)c(OC)c2)sc2c1CC(C)(C)NC2(C)C. The van der Waals surface area contributed by atoms with Gasteiger partial charge in [-0.25, -0.2) is 4.79 Å². The summed E-state index contributed by atoms with van der Waals surface area (Å²) in [5.74, 6) is 0.398. The van der Waals surface area contributed by atoms with Crippen molar-refractivity contribution in [1.82, 2.24) is 5.32 Å². The number of anilines is 1. The first-order chi connectivity index (χ1) is 15.0. The summed E-state index contributed by atoms with van der Waals surface area (Å²) in [6, 6.07) is 5.38. The Morgan fingerprint density at radius 1 is 1.09 bits per heavy atom. The summed E-state index contributed by atoms with van der Waals surface area (Å²) in [5, 5.41) is 6.99. The first kappa shape index (κ1) is 23.8. The molecule has 172 valence electrons. The van der Waals surface area contributed by atoms with Crippen LogP contribution in [-0.2, 0) is 21.5 Å². The van der Waals surface area contributed by atoms with Gasteiger partial charge in [0.25, 0.3) is 0 Å². The zero-order chi connectivity index (χ0) is 23.7. The van der Waals surface area contributed by atoms with Crippen LogP contribution in [-0.4, -0.2) is 38.7 Å². The predicted molar refractivity (Wildman–Crippen MR) is 127 cm³/mol. The fourth-order valence-electron chi connectivity index (χ4n) is 4.22. The number of carbonyl (C=O) groups excluding carboxylic acids is 2. The Balaban J connectivity index is 1.90. The van der Waals surface area contributed by atoms with E-state index in [0.29, 0.717) is 28.5 Å². The molecule has 0 unspecified atom stereocenters. The van der Waals surface area contributed by atoms with Crippen LogP contribution in [0.5, 0.6) is 11.5 Å². The van der Waals surface area contributed by atoms with Crippen LogP contribution >= 0.6 is 11.3 Å². The van der Waals surface area contributed by atoms with Gasteiger partial charge in [0.2, 0.25) is 5.91 Å². The lowest BCUT2D eigenvalue weighted by atomic mass is 9.81. The number of ether oxygens (including phenoxy) is 3. The second-order valence-electron chi connectivity index (χ2n) is 8.85. The van der Waals surface area contributed by atoms with Gasteiger partial charge in [-0.2, -0.15) is 0 Å². The van der Waals surface area contributed by atoms with Crippen molar-refractivity contribution in [3.63, 3.8) is 0 Å². The highest BCUT2D eigenvalue weighted by Crippen LogP contribution is 2.45. The number of benzene rings is 1. The van der Waals surface area contributed by atoms with E-state index in [1.54, 1.807) is 32.4 Å². The van der Waals surface area contributed by atoms with E-state index in [-0.39, 0.29) is 17.0 Å². The maximum atomic E-state index is 12.7. The molecule has 0 spiro atoms. The van der Waals surface area contributed by atoms with Crippen LogP contribution in [0.2, 0.25) is 0 Å². The lowest BCUT2D eigenvalue weighted by Crippen LogP contribution is -2.55. The molecule has 2 aromatic rings. The van der Waals surface area contributed by atoms with E-state index in [0.717, 1.165) is 16.0 Å². The topological polar surface area (TPSA) is 85.9 Å². The van der Waals surface area contributed by atoms with Crippen LogP contribution in [0.3, 0.4) is 0 Å². The summed E-state index contributed by atoms with van der Waals surface area (Å²) in [6.07, 6.45) is 3.76. The minimum Gasteiger partial charge on any atom is -0.493 e. The van der Waals surface area contributed by atoms with E-state index in [4.69, 9.17) is 14.2 Å². The fourth-order valence-corrected chi connectivity index (χ4v) is 5.48. The summed E-state index contributed by atoms with van der Waals surface area (Å²) in [6.45, 7) is 8.35. The minimum atomic E-state index is -0.449. The molecule has 32 heavy (non-hydrogen) atoms. The number of carbonyl (C=O) groups is 2. The summed E-state index contributed by atoms with van der Waals surface area (Å²) in [7, 11) is 4.48. The van der Waals surface area contributed by atoms with Crippen LogP contribution in [0.1, 0.15) is 54.1 Å². The molecule has 1 amide bonds. The molecule has 2 heterocycles. The van der Waals surface area contributed by atoms with Crippen LogP contribution < -0.4 is 20.1 Å². The molecule has 0 fully saturated rings. The van der Waals surface area contributed by atoms with E-state index >= 15 is 0 Å². The molecule has 0 bridgehead atoms. The Morgan fingerprint density at radius 3 is 2.41 bits per heavy atom. The highest BCUT2D eigenvalue weighted by Gasteiger charge is 2.42. The Bertz CT molecular complexity index is 1070. The van der Waals surface area contributed by atoms with E-state index in [1.807, 2.05) is 6.07 Å². The van der Waals surface area contributed by atoms with Crippen LogP contribution in [0.25, 0.3) is 6.08 Å². The van der Waals surface area contributed by atoms with E-state index in [9.17, 15) is 9.59 Å². The molecule has 1 aromatic carbocycles. The van der Waals surface area contributed by atoms with Gasteiger partial charge in [0.05, 0.1) is 26.9 Å². The maximum absolute atomic E-state index is 12.7. The van der Waals surface area contributed by atoms with E-state index in [2.05, 4.69) is 38.3 Å². The van der Waals surface area contributed by atoms with Crippen molar-refractivity contribution in [3.05, 3.63) is 45.8 Å². The highest BCUT2D eigenvalue weighted by atomic mass is 32.1. The van der Waals surface area contributed by atoms with Gasteiger partial charge < -0.3 is 24.8 Å². The van der Waals surface area contributed by atoms with Crippen molar-refractivity contribution in [2.75, 3.05) is 26.6 Å². The maximum Gasteiger partial charge on any atom is 0.341 e. The number of rotatable bonds is 6. The standard InChI is InChI=1S/C24H30N2O5S/c1-23(2)13-15-19(22(28)31-7)21(32-20(15)24(3,4)26-23)25-18(27)11-9-14-8-10-16(29-5)17(12-14)30-6/h8-12,26H,13H2,1-7H3,(H,25,27)/b11-9+.